The van der Waals surface area contributed by atoms with E-state index in [1.807, 2.05) is 54.7 Å². The Morgan fingerprint density at radius 1 is 0.732 bits per heavy atom. The van der Waals surface area contributed by atoms with E-state index in [4.69, 9.17) is 9.40 Å². The van der Waals surface area contributed by atoms with E-state index < -0.39 is 28.4 Å². The molecule has 0 spiro atoms. The summed E-state index contributed by atoms with van der Waals surface area (Å²) in [5.74, 6) is 0.505. The number of aromatic nitrogens is 2. The first-order valence-electron chi connectivity index (χ1n) is 15.3. The van der Waals surface area contributed by atoms with Crippen LogP contribution in [0.4, 0.5) is 0 Å². The van der Waals surface area contributed by atoms with Crippen LogP contribution in [0.5, 0.6) is 0 Å². The maximum atomic E-state index is 14.3. The molecule has 0 bridgehead atoms. The van der Waals surface area contributed by atoms with Crippen LogP contribution in [0.2, 0.25) is 13.3 Å². The van der Waals surface area contributed by atoms with Crippen LogP contribution >= 0.6 is 0 Å². The SMILES string of the molecule is CCCC[CH2][Sn]([CH2]CCC)([CH2]CCC)[c]1cn(S(=O)(=O)c2ccccc2)c(-c2cccc3oc4ccccc4c23)n1. The van der Waals surface area contributed by atoms with Crippen molar-refractivity contribution >= 4 is 54.0 Å². The number of furan rings is 1. The number of nitrogens with zero attached hydrogens (tertiary/aromatic N) is 2. The molecule has 41 heavy (non-hydrogen) atoms. The maximum absolute atomic E-state index is 14.3. The van der Waals surface area contributed by atoms with E-state index in [1.54, 1.807) is 24.3 Å². The van der Waals surface area contributed by atoms with Gasteiger partial charge in [0.2, 0.25) is 0 Å². The van der Waals surface area contributed by atoms with Gasteiger partial charge >= 0.3 is 250 Å². The van der Waals surface area contributed by atoms with Crippen LogP contribution < -0.4 is 3.71 Å². The molecule has 5 aromatic rings. The molecule has 2 heterocycles. The zero-order valence-corrected chi connectivity index (χ0v) is 28.3. The molecular weight excluding hydrogens is 635 g/mol. The minimum atomic E-state index is -3.87. The molecule has 0 N–H and O–H groups in total. The third kappa shape index (κ3) is 6.00. The summed E-state index contributed by atoms with van der Waals surface area (Å²) in [6.07, 6.45) is 10.2. The molecule has 0 fully saturated rings. The Labute approximate surface area is 248 Å². The number of hydrogen-bond donors (Lipinski definition) is 0. The number of rotatable bonds is 14. The van der Waals surface area contributed by atoms with E-state index in [0.717, 1.165) is 44.1 Å². The molecule has 0 atom stereocenters. The molecule has 2 aromatic heterocycles. The van der Waals surface area contributed by atoms with Crippen molar-refractivity contribution in [2.75, 3.05) is 0 Å². The van der Waals surface area contributed by atoms with Gasteiger partial charge in [-0.3, -0.25) is 0 Å². The van der Waals surface area contributed by atoms with Gasteiger partial charge in [-0.05, 0) is 0 Å². The molecule has 0 aliphatic rings. The van der Waals surface area contributed by atoms with Gasteiger partial charge in [0.1, 0.15) is 0 Å². The van der Waals surface area contributed by atoms with Crippen LogP contribution in [0.25, 0.3) is 33.3 Å². The molecule has 0 amide bonds. The van der Waals surface area contributed by atoms with E-state index in [1.165, 1.54) is 49.4 Å². The summed E-state index contributed by atoms with van der Waals surface area (Å²) >= 11 is -3.09. The predicted octanol–water partition coefficient (Wildman–Crippen LogP) is 9.13. The molecular formula is C34H42N2O3SSn. The fourth-order valence-corrected chi connectivity index (χ4v) is 22.7. The third-order valence-electron chi connectivity index (χ3n) is 8.44. The third-order valence-corrected chi connectivity index (χ3v) is 25.1. The molecule has 5 nitrogen and oxygen atoms in total. The Hall–Kier alpha value is -2.58. The number of unbranched alkanes of at least 4 members (excludes halogenated alkanes) is 4. The summed E-state index contributed by atoms with van der Waals surface area (Å²) in [6.45, 7) is 6.78. The summed E-state index contributed by atoms with van der Waals surface area (Å²) in [7, 11) is -3.87. The van der Waals surface area contributed by atoms with Gasteiger partial charge in [-0.1, -0.05) is 0 Å². The molecule has 7 heteroatoms. The van der Waals surface area contributed by atoms with Gasteiger partial charge in [0.05, 0.1) is 0 Å². The first kappa shape index (κ1) is 29.9. The molecule has 0 radical (unpaired) electrons. The molecule has 5 rings (SSSR count). The van der Waals surface area contributed by atoms with Crippen molar-refractivity contribution in [1.29, 1.82) is 0 Å². The normalized spacial score (nSPS) is 12.5. The summed E-state index contributed by atoms with van der Waals surface area (Å²) in [5.41, 5.74) is 2.34. The number of para-hydroxylation sites is 1. The topological polar surface area (TPSA) is 65.1 Å². The van der Waals surface area contributed by atoms with E-state index in [-0.39, 0.29) is 4.90 Å². The van der Waals surface area contributed by atoms with Crippen LogP contribution in [0.3, 0.4) is 0 Å². The monoisotopic (exact) mass is 678 g/mol. The Morgan fingerprint density at radius 2 is 1.37 bits per heavy atom. The summed E-state index contributed by atoms with van der Waals surface area (Å²) < 4.78 is 41.1. The standard InChI is InChI=1S/C21H13N2O3S.C5H11.2C4H9.Sn/c24-27(25,15-7-2-1-3-8-15)23-14-13-22-21(23)17-10-6-12-19-20(17)16-9-4-5-11-18(16)26-19;1-3-5-4-2;2*1-3-4-2;/h1-12,14H;1,3-5H2,2H3;2*1,3-4H2,2H3;. The Kier molecular flexibility index (Phi) is 9.59. The Balaban J connectivity index is 1.79. The van der Waals surface area contributed by atoms with Gasteiger partial charge < -0.3 is 0 Å². The molecule has 0 saturated carbocycles. The Bertz CT molecular complexity index is 1700. The number of fused-ring (bicyclic) bond motifs is 3. The molecule has 0 saturated heterocycles. The van der Waals surface area contributed by atoms with Crippen LogP contribution in [-0.2, 0) is 10.0 Å². The van der Waals surface area contributed by atoms with Crippen molar-refractivity contribution in [2.24, 2.45) is 0 Å². The molecule has 3 aromatic carbocycles. The van der Waals surface area contributed by atoms with Gasteiger partial charge in [0.15, 0.2) is 0 Å². The second kappa shape index (κ2) is 13.2. The van der Waals surface area contributed by atoms with Gasteiger partial charge in [-0.15, -0.1) is 0 Å². The Morgan fingerprint density at radius 3 is 2.07 bits per heavy atom. The number of benzene rings is 3. The molecule has 0 aliphatic carbocycles. The van der Waals surface area contributed by atoms with E-state index in [0.29, 0.717) is 5.82 Å². The quantitative estimate of drug-likeness (QED) is 0.0869. The van der Waals surface area contributed by atoms with Gasteiger partial charge in [0.25, 0.3) is 0 Å². The zero-order chi connectivity index (χ0) is 28.9. The van der Waals surface area contributed by atoms with Crippen molar-refractivity contribution in [3.05, 3.63) is 79.0 Å². The average Bonchev–Trinajstić information content (AvgIpc) is 3.62. The van der Waals surface area contributed by atoms with Crippen molar-refractivity contribution < 1.29 is 12.8 Å². The van der Waals surface area contributed by atoms with Gasteiger partial charge in [-0.2, -0.15) is 0 Å². The summed E-state index contributed by atoms with van der Waals surface area (Å²) in [5, 5.41) is 1.89. The van der Waals surface area contributed by atoms with Crippen molar-refractivity contribution in [2.45, 2.75) is 83.9 Å². The van der Waals surface area contributed by atoms with Gasteiger partial charge in [-0.25, -0.2) is 0 Å². The van der Waals surface area contributed by atoms with E-state index in [2.05, 4.69) is 20.8 Å². The average molecular weight is 677 g/mol. The minimum absolute atomic E-state index is 0.281. The molecule has 0 unspecified atom stereocenters. The molecule has 216 valence electrons. The fourth-order valence-electron chi connectivity index (χ4n) is 6.15. The van der Waals surface area contributed by atoms with Crippen LogP contribution in [0.15, 0.2) is 88.3 Å². The second-order valence-electron chi connectivity index (χ2n) is 11.3. The first-order valence-corrected chi connectivity index (χ1v) is 24.2. The second-order valence-corrected chi connectivity index (χ2v) is 26.2. The molecule has 0 aliphatic heterocycles. The van der Waals surface area contributed by atoms with Crippen molar-refractivity contribution in [3.8, 4) is 11.4 Å². The van der Waals surface area contributed by atoms with Crippen LogP contribution in [0, 0.1) is 0 Å². The van der Waals surface area contributed by atoms with E-state index in [9.17, 15) is 8.42 Å². The van der Waals surface area contributed by atoms with Crippen molar-refractivity contribution in [3.63, 3.8) is 0 Å². The predicted molar refractivity (Wildman–Crippen MR) is 173 cm³/mol. The first-order chi connectivity index (χ1) is 19.9. The summed E-state index contributed by atoms with van der Waals surface area (Å²) in [4.78, 5) is 5.68. The fraction of sp³-hybridized carbons (Fsp3) is 0.382. The van der Waals surface area contributed by atoms with Gasteiger partial charge in [0, 0.05) is 0 Å². The van der Waals surface area contributed by atoms with Crippen LogP contribution in [-0.4, -0.2) is 35.8 Å². The van der Waals surface area contributed by atoms with E-state index >= 15 is 0 Å². The van der Waals surface area contributed by atoms with Crippen molar-refractivity contribution in [1.82, 2.24) is 8.96 Å². The zero-order valence-electron chi connectivity index (χ0n) is 24.6. The number of imidazole rings is 1. The number of hydrogen-bond acceptors (Lipinski definition) is 4. The van der Waals surface area contributed by atoms with Crippen LogP contribution in [0.1, 0.15) is 65.7 Å². The summed E-state index contributed by atoms with van der Waals surface area (Å²) in [6, 6.07) is 22.6.